The van der Waals surface area contributed by atoms with Crippen LogP contribution in [0.5, 0.6) is 5.75 Å². The molecule has 0 spiro atoms. The molecule has 2 aromatic rings. The summed E-state index contributed by atoms with van der Waals surface area (Å²) in [5, 5.41) is 12.1. The number of hydrogen-bond acceptors (Lipinski definition) is 3. The quantitative estimate of drug-likeness (QED) is 0.674. The van der Waals surface area contributed by atoms with Crippen LogP contribution in [0.3, 0.4) is 0 Å². The molecule has 0 amide bonds. The van der Waals surface area contributed by atoms with Gasteiger partial charge in [0.1, 0.15) is 5.75 Å². The molecule has 1 aliphatic heterocycles. The number of nitriles is 1. The Bertz CT molecular complexity index is 746. The van der Waals surface area contributed by atoms with Gasteiger partial charge in [0.25, 0.3) is 0 Å². The molecule has 1 unspecified atom stereocenters. The molecule has 0 radical (unpaired) electrons. The minimum Gasteiger partial charge on any atom is -0.493 e. The molecular formula is C18H18N4O. The second kappa shape index (κ2) is 6.84. The maximum Gasteiger partial charge on any atom is 0.189 e. The largest absolute Gasteiger partial charge is 0.493 e. The summed E-state index contributed by atoms with van der Waals surface area (Å²) >= 11 is 0. The first-order valence-electron chi connectivity index (χ1n) is 7.53. The molecule has 1 atom stereocenters. The van der Waals surface area contributed by atoms with Gasteiger partial charge < -0.3 is 15.8 Å². The fraction of sp³-hybridized carbons (Fsp3) is 0.222. The lowest BCUT2D eigenvalue weighted by Gasteiger charge is -2.26. The third kappa shape index (κ3) is 3.61. The van der Waals surface area contributed by atoms with Crippen LogP contribution in [-0.4, -0.2) is 12.6 Å². The lowest BCUT2D eigenvalue weighted by Crippen LogP contribution is -2.37. The molecule has 3 rings (SSSR count). The van der Waals surface area contributed by atoms with Gasteiger partial charge in [-0.1, -0.05) is 30.3 Å². The molecular weight excluding hydrogens is 288 g/mol. The topological polar surface area (TPSA) is 83.4 Å². The summed E-state index contributed by atoms with van der Waals surface area (Å²) in [5.74, 6) is 1.31. The highest BCUT2D eigenvalue weighted by molar-refractivity contribution is 5.78. The Morgan fingerprint density at radius 3 is 2.83 bits per heavy atom. The number of ether oxygens (including phenoxy) is 1. The summed E-state index contributed by atoms with van der Waals surface area (Å²) in [6.45, 7) is 1.15. The Hall–Kier alpha value is -3.00. The number of para-hydroxylation sites is 1. The van der Waals surface area contributed by atoms with Crippen molar-refractivity contribution >= 4 is 5.96 Å². The number of benzene rings is 2. The molecule has 116 valence electrons. The molecule has 23 heavy (non-hydrogen) atoms. The van der Waals surface area contributed by atoms with Gasteiger partial charge in [0.2, 0.25) is 0 Å². The number of hydrogen-bond donors (Lipinski definition) is 2. The molecule has 1 aliphatic rings. The van der Waals surface area contributed by atoms with Crippen LogP contribution in [0.4, 0.5) is 0 Å². The van der Waals surface area contributed by atoms with E-state index in [1.807, 2.05) is 36.4 Å². The lowest BCUT2D eigenvalue weighted by atomic mass is 10.0. The van der Waals surface area contributed by atoms with E-state index in [9.17, 15) is 0 Å². The van der Waals surface area contributed by atoms with E-state index in [-0.39, 0.29) is 6.04 Å². The lowest BCUT2D eigenvalue weighted by molar-refractivity contribution is 0.262. The van der Waals surface area contributed by atoms with Crippen LogP contribution >= 0.6 is 0 Å². The molecule has 3 N–H and O–H groups in total. The van der Waals surface area contributed by atoms with Crippen molar-refractivity contribution in [2.75, 3.05) is 6.61 Å². The van der Waals surface area contributed by atoms with Crippen molar-refractivity contribution in [3.63, 3.8) is 0 Å². The molecule has 5 heteroatoms. The van der Waals surface area contributed by atoms with E-state index in [1.165, 1.54) is 0 Å². The summed E-state index contributed by atoms with van der Waals surface area (Å²) in [5.41, 5.74) is 8.77. The molecule has 0 bridgehead atoms. The van der Waals surface area contributed by atoms with E-state index in [1.54, 1.807) is 12.1 Å². The van der Waals surface area contributed by atoms with E-state index in [0.29, 0.717) is 24.7 Å². The molecule has 0 saturated carbocycles. The summed E-state index contributed by atoms with van der Waals surface area (Å²) < 4.78 is 5.64. The van der Waals surface area contributed by atoms with Gasteiger partial charge in [-0.3, -0.25) is 0 Å². The summed E-state index contributed by atoms with van der Waals surface area (Å²) in [7, 11) is 0. The second-order valence-electron chi connectivity index (χ2n) is 5.38. The van der Waals surface area contributed by atoms with Crippen LogP contribution in [0.1, 0.15) is 29.2 Å². The van der Waals surface area contributed by atoms with Crippen molar-refractivity contribution in [3.05, 3.63) is 65.2 Å². The Morgan fingerprint density at radius 1 is 1.26 bits per heavy atom. The number of guanidine groups is 1. The number of nitrogens with zero attached hydrogens (tertiary/aromatic N) is 2. The van der Waals surface area contributed by atoms with Gasteiger partial charge in [0.05, 0.1) is 30.8 Å². The summed E-state index contributed by atoms with van der Waals surface area (Å²) in [4.78, 5) is 4.38. The first-order valence-corrected chi connectivity index (χ1v) is 7.53. The predicted molar refractivity (Wildman–Crippen MR) is 88.9 cm³/mol. The van der Waals surface area contributed by atoms with Gasteiger partial charge in [0, 0.05) is 12.0 Å². The second-order valence-corrected chi connectivity index (χ2v) is 5.38. The zero-order valence-electron chi connectivity index (χ0n) is 12.7. The first-order chi connectivity index (χ1) is 11.3. The van der Waals surface area contributed by atoms with Gasteiger partial charge in [-0.05, 0) is 23.8 Å². The number of nitrogens with two attached hydrogens (primary N) is 1. The Balaban J connectivity index is 1.65. The minimum atomic E-state index is 0.115. The molecule has 0 saturated heterocycles. The van der Waals surface area contributed by atoms with E-state index in [4.69, 9.17) is 15.7 Å². The minimum absolute atomic E-state index is 0.115. The molecule has 0 fully saturated rings. The van der Waals surface area contributed by atoms with E-state index in [0.717, 1.165) is 23.3 Å². The average Bonchev–Trinajstić information content (AvgIpc) is 2.61. The van der Waals surface area contributed by atoms with Crippen LogP contribution in [0.25, 0.3) is 0 Å². The van der Waals surface area contributed by atoms with E-state index < -0.39 is 0 Å². The Labute approximate surface area is 135 Å². The van der Waals surface area contributed by atoms with Crippen LogP contribution in [0.15, 0.2) is 53.5 Å². The standard InChI is InChI=1S/C18H18N4O/c19-11-13-5-7-14(8-6-13)12-21-18(20)22-16-9-10-23-17-4-2-1-3-15(16)17/h1-8,16H,9-10,12H2,(H3,20,21,22). The van der Waals surface area contributed by atoms with Crippen molar-refractivity contribution in [1.82, 2.24) is 5.32 Å². The van der Waals surface area contributed by atoms with Crippen LogP contribution < -0.4 is 15.8 Å². The molecule has 2 aromatic carbocycles. The average molecular weight is 306 g/mol. The molecule has 0 aliphatic carbocycles. The SMILES string of the molecule is N#Cc1ccc(CN=C(N)NC2CCOc3ccccc32)cc1. The number of rotatable bonds is 3. The fourth-order valence-electron chi connectivity index (χ4n) is 2.58. The number of aliphatic imine (C=N–C) groups is 1. The Kier molecular flexibility index (Phi) is 4.44. The van der Waals surface area contributed by atoms with Gasteiger partial charge in [-0.2, -0.15) is 5.26 Å². The zero-order valence-corrected chi connectivity index (χ0v) is 12.7. The van der Waals surface area contributed by atoms with E-state index >= 15 is 0 Å². The molecule has 5 nitrogen and oxygen atoms in total. The number of fused-ring (bicyclic) bond motifs is 1. The smallest absolute Gasteiger partial charge is 0.189 e. The monoisotopic (exact) mass is 306 g/mol. The van der Waals surface area contributed by atoms with Crippen molar-refractivity contribution in [1.29, 1.82) is 5.26 Å². The van der Waals surface area contributed by atoms with E-state index in [2.05, 4.69) is 16.4 Å². The summed E-state index contributed by atoms with van der Waals surface area (Å²) in [6.07, 6.45) is 0.851. The highest BCUT2D eigenvalue weighted by atomic mass is 16.5. The number of nitrogens with one attached hydrogen (secondary N) is 1. The van der Waals surface area contributed by atoms with Gasteiger partial charge in [-0.15, -0.1) is 0 Å². The van der Waals surface area contributed by atoms with Gasteiger partial charge in [0.15, 0.2) is 5.96 Å². The van der Waals surface area contributed by atoms with Crippen molar-refractivity contribution in [2.45, 2.75) is 19.0 Å². The first kappa shape index (κ1) is 14.9. The van der Waals surface area contributed by atoms with Crippen LogP contribution in [0, 0.1) is 11.3 Å². The van der Waals surface area contributed by atoms with Crippen molar-refractivity contribution < 1.29 is 4.74 Å². The van der Waals surface area contributed by atoms with Gasteiger partial charge in [-0.25, -0.2) is 4.99 Å². The van der Waals surface area contributed by atoms with Crippen molar-refractivity contribution in [2.24, 2.45) is 10.7 Å². The third-order valence-electron chi connectivity index (χ3n) is 3.80. The maximum atomic E-state index is 8.79. The third-order valence-corrected chi connectivity index (χ3v) is 3.80. The summed E-state index contributed by atoms with van der Waals surface area (Å²) in [6, 6.07) is 17.5. The molecule has 0 aromatic heterocycles. The maximum absolute atomic E-state index is 8.79. The molecule has 1 heterocycles. The predicted octanol–water partition coefficient (Wildman–Crippen LogP) is 2.49. The van der Waals surface area contributed by atoms with Crippen LogP contribution in [-0.2, 0) is 6.54 Å². The highest BCUT2D eigenvalue weighted by Crippen LogP contribution is 2.31. The van der Waals surface area contributed by atoms with Gasteiger partial charge >= 0.3 is 0 Å². The fourth-order valence-corrected chi connectivity index (χ4v) is 2.58. The van der Waals surface area contributed by atoms with Crippen molar-refractivity contribution in [3.8, 4) is 11.8 Å². The normalized spacial score (nSPS) is 16.8. The zero-order chi connectivity index (χ0) is 16.1. The van der Waals surface area contributed by atoms with Crippen LogP contribution in [0.2, 0.25) is 0 Å². The highest BCUT2D eigenvalue weighted by Gasteiger charge is 2.21. The Morgan fingerprint density at radius 2 is 2.04 bits per heavy atom.